The van der Waals surface area contributed by atoms with E-state index < -0.39 is 9.84 Å². The molecule has 10 heteroatoms. The molecule has 4 aromatic rings. The Hall–Kier alpha value is -3.53. The quantitative estimate of drug-likeness (QED) is 0.406. The summed E-state index contributed by atoms with van der Waals surface area (Å²) in [5.74, 6) is 0.770. The second-order valence-electron chi connectivity index (χ2n) is 8.62. The Morgan fingerprint density at radius 1 is 1.09 bits per heavy atom. The Bertz CT molecular complexity index is 1510. The highest BCUT2D eigenvalue weighted by atomic mass is 32.2. The van der Waals surface area contributed by atoms with Gasteiger partial charge in [0.2, 0.25) is 20.8 Å². The van der Waals surface area contributed by atoms with E-state index in [0.29, 0.717) is 30.8 Å². The van der Waals surface area contributed by atoms with Gasteiger partial charge in [0.15, 0.2) is 5.65 Å². The van der Waals surface area contributed by atoms with Crippen molar-refractivity contribution in [2.75, 3.05) is 25.0 Å². The molecule has 5 rings (SSSR count). The van der Waals surface area contributed by atoms with Gasteiger partial charge in [-0.2, -0.15) is 4.52 Å². The fraction of sp³-hybridized carbons (Fsp3) is 0.333. The molecule has 3 heterocycles. The lowest BCUT2D eigenvalue weighted by atomic mass is 10.1. The average Bonchev–Trinajstić information content (AvgIpc) is 3.44. The van der Waals surface area contributed by atoms with E-state index in [9.17, 15) is 13.2 Å². The predicted molar refractivity (Wildman–Crippen MR) is 129 cm³/mol. The number of benzene rings is 2. The minimum Gasteiger partial charge on any atom is -0.369 e. The first-order valence-electron chi connectivity index (χ1n) is 11.3. The Kier molecular flexibility index (Phi) is 5.68. The van der Waals surface area contributed by atoms with Crippen LogP contribution >= 0.6 is 0 Å². The van der Waals surface area contributed by atoms with Crippen LogP contribution in [0.4, 0.5) is 5.82 Å². The Morgan fingerprint density at radius 2 is 1.91 bits per heavy atom. The van der Waals surface area contributed by atoms with E-state index in [-0.39, 0.29) is 21.5 Å². The molecule has 0 atom stereocenters. The number of hydrogen-bond acceptors (Lipinski definition) is 7. The van der Waals surface area contributed by atoms with Gasteiger partial charge >= 0.3 is 0 Å². The molecule has 1 aliphatic rings. The fourth-order valence-electron chi connectivity index (χ4n) is 4.26. The van der Waals surface area contributed by atoms with Gasteiger partial charge < -0.3 is 10.2 Å². The smallest absolute Gasteiger partial charge is 0.229 e. The van der Waals surface area contributed by atoms with Crippen LogP contribution in [0.3, 0.4) is 0 Å². The van der Waals surface area contributed by atoms with Crippen molar-refractivity contribution in [2.24, 2.45) is 0 Å². The predicted octanol–water partition coefficient (Wildman–Crippen LogP) is 3.15. The maximum absolute atomic E-state index is 13.4. The Labute approximate surface area is 197 Å². The van der Waals surface area contributed by atoms with E-state index in [1.807, 2.05) is 43.0 Å². The van der Waals surface area contributed by atoms with E-state index >= 15 is 0 Å². The van der Waals surface area contributed by atoms with Crippen molar-refractivity contribution in [1.82, 2.24) is 24.7 Å². The molecule has 1 amide bonds. The van der Waals surface area contributed by atoms with Crippen LogP contribution in [-0.4, -0.2) is 58.7 Å². The number of aryl methyl sites for hydroxylation is 2. The largest absolute Gasteiger partial charge is 0.369 e. The SMILES string of the molecule is Cc1ccc(S(=O)(=O)c2nnn3c2nc(NCCCN2CCCC2=O)c2ccccc23)cc1C. The fourth-order valence-corrected chi connectivity index (χ4v) is 5.58. The molecule has 0 bridgehead atoms. The van der Waals surface area contributed by atoms with Gasteiger partial charge in [0, 0.05) is 31.4 Å². The molecule has 1 fully saturated rings. The summed E-state index contributed by atoms with van der Waals surface area (Å²) in [6.07, 6.45) is 2.31. The summed E-state index contributed by atoms with van der Waals surface area (Å²) in [6, 6.07) is 12.6. The lowest BCUT2D eigenvalue weighted by Crippen LogP contribution is -2.27. The molecule has 2 aromatic heterocycles. The molecule has 1 N–H and O–H groups in total. The minimum atomic E-state index is -3.92. The van der Waals surface area contributed by atoms with Gasteiger partial charge in [0.05, 0.1) is 10.4 Å². The number of fused-ring (bicyclic) bond motifs is 3. The normalized spacial score (nSPS) is 14.4. The third-order valence-electron chi connectivity index (χ3n) is 6.33. The number of rotatable bonds is 7. The maximum Gasteiger partial charge on any atom is 0.229 e. The van der Waals surface area contributed by atoms with Gasteiger partial charge in [-0.3, -0.25) is 4.79 Å². The number of nitrogens with one attached hydrogen (secondary N) is 1. The van der Waals surface area contributed by atoms with Crippen LogP contribution in [0.2, 0.25) is 0 Å². The number of para-hydroxylation sites is 1. The first kappa shape index (κ1) is 22.3. The second-order valence-corrected chi connectivity index (χ2v) is 10.5. The van der Waals surface area contributed by atoms with Gasteiger partial charge in [0.1, 0.15) is 5.82 Å². The lowest BCUT2D eigenvalue weighted by molar-refractivity contribution is -0.127. The maximum atomic E-state index is 13.4. The summed E-state index contributed by atoms with van der Waals surface area (Å²) in [5.41, 5.74) is 2.78. The highest BCUT2D eigenvalue weighted by Gasteiger charge is 2.27. The Balaban J connectivity index is 1.51. The van der Waals surface area contributed by atoms with Crippen molar-refractivity contribution in [3.63, 3.8) is 0 Å². The van der Waals surface area contributed by atoms with E-state index in [4.69, 9.17) is 0 Å². The van der Waals surface area contributed by atoms with E-state index in [1.54, 1.807) is 18.2 Å². The number of carbonyl (C=O) groups excluding carboxylic acids is 1. The first-order valence-corrected chi connectivity index (χ1v) is 12.8. The molecule has 0 saturated carbocycles. The highest BCUT2D eigenvalue weighted by Crippen LogP contribution is 2.28. The Morgan fingerprint density at radius 3 is 2.68 bits per heavy atom. The first-order chi connectivity index (χ1) is 16.4. The van der Waals surface area contributed by atoms with Crippen LogP contribution in [0.25, 0.3) is 16.6 Å². The van der Waals surface area contributed by atoms with Crippen LogP contribution in [0.5, 0.6) is 0 Å². The summed E-state index contributed by atoms with van der Waals surface area (Å²) < 4.78 is 28.4. The molecule has 0 aliphatic carbocycles. The molecule has 2 aromatic carbocycles. The molecular weight excluding hydrogens is 452 g/mol. The summed E-state index contributed by atoms with van der Waals surface area (Å²) in [4.78, 5) is 18.5. The summed E-state index contributed by atoms with van der Waals surface area (Å²) in [5, 5.41) is 12.1. The summed E-state index contributed by atoms with van der Waals surface area (Å²) in [7, 11) is -3.92. The van der Waals surface area contributed by atoms with Crippen molar-refractivity contribution in [3.05, 3.63) is 53.6 Å². The zero-order valence-electron chi connectivity index (χ0n) is 19.2. The van der Waals surface area contributed by atoms with Crippen LogP contribution in [0, 0.1) is 13.8 Å². The van der Waals surface area contributed by atoms with Crippen LogP contribution in [0.15, 0.2) is 52.4 Å². The molecule has 0 spiro atoms. The summed E-state index contributed by atoms with van der Waals surface area (Å²) >= 11 is 0. The molecule has 0 radical (unpaired) electrons. The number of nitrogens with zero attached hydrogens (tertiary/aromatic N) is 5. The van der Waals surface area contributed by atoms with E-state index in [1.165, 1.54) is 4.52 Å². The number of anilines is 1. The number of aromatic nitrogens is 4. The third-order valence-corrected chi connectivity index (χ3v) is 7.98. The zero-order chi connectivity index (χ0) is 23.9. The van der Waals surface area contributed by atoms with Gasteiger partial charge in [0.25, 0.3) is 0 Å². The van der Waals surface area contributed by atoms with Crippen molar-refractivity contribution < 1.29 is 13.2 Å². The van der Waals surface area contributed by atoms with Crippen LogP contribution in [0.1, 0.15) is 30.4 Å². The van der Waals surface area contributed by atoms with Gasteiger partial charge in [-0.05, 0) is 62.1 Å². The van der Waals surface area contributed by atoms with Crippen molar-refractivity contribution in [1.29, 1.82) is 0 Å². The molecular formula is C24H26N6O3S. The second kappa shape index (κ2) is 8.68. The van der Waals surface area contributed by atoms with Gasteiger partial charge in [-0.1, -0.05) is 23.4 Å². The lowest BCUT2D eigenvalue weighted by Gasteiger charge is -2.16. The summed E-state index contributed by atoms with van der Waals surface area (Å²) in [6.45, 7) is 5.91. The average molecular weight is 479 g/mol. The van der Waals surface area contributed by atoms with Crippen molar-refractivity contribution in [3.8, 4) is 0 Å². The molecule has 9 nitrogen and oxygen atoms in total. The van der Waals surface area contributed by atoms with Crippen molar-refractivity contribution >= 4 is 38.1 Å². The number of hydrogen-bond donors (Lipinski definition) is 1. The number of sulfone groups is 1. The van der Waals surface area contributed by atoms with Gasteiger partial charge in [-0.15, -0.1) is 5.10 Å². The third kappa shape index (κ3) is 3.87. The van der Waals surface area contributed by atoms with E-state index in [0.717, 1.165) is 35.9 Å². The molecule has 34 heavy (non-hydrogen) atoms. The molecule has 0 unspecified atom stereocenters. The molecule has 176 valence electrons. The number of carbonyl (C=O) groups is 1. The number of amides is 1. The van der Waals surface area contributed by atoms with E-state index in [2.05, 4.69) is 20.6 Å². The zero-order valence-corrected chi connectivity index (χ0v) is 20.0. The van der Waals surface area contributed by atoms with Crippen LogP contribution in [-0.2, 0) is 14.6 Å². The van der Waals surface area contributed by atoms with Crippen LogP contribution < -0.4 is 5.32 Å². The topological polar surface area (TPSA) is 110 Å². The number of likely N-dealkylation sites (tertiary alicyclic amines) is 1. The molecule has 1 saturated heterocycles. The minimum absolute atomic E-state index is 0.165. The van der Waals surface area contributed by atoms with Gasteiger partial charge in [-0.25, -0.2) is 13.4 Å². The highest BCUT2D eigenvalue weighted by molar-refractivity contribution is 7.91. The standard InChI is InChI=1S/C24H26N6O3S/c1-16-10-11-18(15-17(16)2)34(32,33)24-23-26-22(25-12-6-14-29-13-5-9-21(29)31)19-7-3-4-8-20(19)30(23)28-27-24/h3-4,7-8,10-11,15H,5-6,9,12-14H2,1-2H3,(H,25,26). The monoisotopic (exact) mass is 478 g/mol. The van der Waals surface area contributed by atoms with Crippen molar-refractivity contribution in [2.45, 2.75) is 43.0 Å². The molecule has 1 aliphatic heterocycles.